The van der Waals surface area contributed by atoms with Crippen molar-refractivity contribution in [2.24, 2.45) is 10.9 Å². The average molecular weight is 403 g/mol. The number of halogens is 1. The summed E-state index contributed by atoms with van der Waals surface area (Å²) in [7, 11) is -1.37. The fourth-order valence-electron chi connectivity index (χ4n) is 1.39. The van der Waals surface area contributed by atoms with E-state index in [0.29, 0.717) is 12.5 Å². The van der Waals surface area contributed by atoms with Gasteiger partial charge in [-0.15, -0.1) is 24.0 Å². The van der Waals surface area contributed by atoms with Crippen LogP contribution >= 0.6 is 24.0 Å². The molecule has 0 heterocycles. The fourth-order valence-corrected chi connectivity index (χ4v) is 2.38. The lowest BCUT2D eigenvalue weighted by molar-refractivity contribution is 0.559. The normalized spacial score (nSPS) is 16.7. The Morgan fingerprint density at radius 2 is 1.84 bits per heavy atom. The number of rotatable bonds is 5. The van der Waals surface area contributed by atoms with Crippen molar-refractivity contribution in [2.75, 3.05) is 25.9 Å². The van der Waals surface area contributed by atoms with Crippen LogP contribution < -0.4 is 10.6 Å². The van der Waals surface area contributed by atoms with Crippen LogP contribution in [-0.4, -0.2) is 45.0 Å². The Labute approximate surface area is 134 Å². The molecular formula is C12H26IN3O2S. The third-order valence-electron chi connectivity index (χ3n) is 3.07. The van der Waals surface area contributed by atoms with Crippen molar-refractivity contribution in [3.63, 3.8) is 0 Å². The number of aliphatic imine (C=N–C) groups is 1. The van der Waals surface area contributed by atoms with E-state index in [1.54, 1.807) is 27.8 Å². The lowest BCUT2D eigenvalue weighted by Gasteiger charge is -2.19. The van der Waals surface area contributed by atoms with Gasteiger partial charge in [-0.25, -0.2) is 8.42 Å². The molecule has 7 heteroatoms. The molecule has 0 aliphatic heterocycles. The zero-order valence-electron chi connectivity index (χ0n) is 12.2. The fraction of sp³-hybridized carbons (Fsp3) is 0.917. The van der Waals surface area contributed by atoms with Crippen LogP contribution in [0.3, 0.4) is 0 Å². The topological polar surface area (TPSA) is 70.6 Å². The van der Waals surface area contributed by atoms with Gasteiger partial charge < -0.3 is 10.6 Å². The molecule has 0 radical (unpaired) electrons. The number of nitrogens with one attached hydrogen (secondary N) is 2. The first-order chi connectivity index (χ1) is 8.26. The highest BCUT2D eigenvalue weighted by Gasteiger charge is 2.28. The summed E-state index contributed by atoms with van der Waals surface area (Å²) in [4.78, 5) is 4.07. The molecule has 0 aromatic carbocycles. The Hall–Kier alpha value is -0.0500. The summed E-state index contributed by atoms with van der Waals surface area (Å²) in [5.41, 5.74) is 0. The van der Waals surface area contributed by atoms with E-state index in [1.807, 2.05) is 0 Å². The Bertz CT molecular complexity index is 398. The van der Waals surface area contributed by atoms with Crippen molar-refractivity contribution < 1.29 is 8.42 Å². The second-order valence-corrected chi connectivity index (χ2v) is 8.62. The van der Waals surface area contributed by atoms with E-state index < -0.39 is 14.6 Å². The Kier molecular flexibility index (Phi) is 7.64. The third kappa shape index (κ3) is 6.78. The zero-order valence-corrected chi connectivity index (χ0v) is 15.3. The van der Waals surface area contributed by atoms with Gasteiger partial charge in [0.05, 0.1) is 10.5 Å². The van der Waals surface area contributed by atoms with E-state index >= 15 is 0 Å². The zero-order chi connectivity index (χ0) is 13.8. The van der Waals surface area contributed by atoms with Crippen molar-refractivity contribution in [3.05, 3.63) is 0 Å². The Morgan fingerprint density at radius 3 is 2.26 bits per heavy atom. The molecule has 0 aromatic heterocycles. The predicted octanol–water partition coefficient (Wildman–Crippen LogP) is 1.39. The lowest BCUT2D eigenvalue weighted by atomic mass is 10.3. The van der Waals surface area contributed by atoms with Gasteiger partial charge in [0.1, 0.15) is 0 Å². The van der Waals surface area contributed by atoms with Crippen LogP contribution in [0, 0.1) is 5.92 Å². The predicted molar refractivity (Wildman–Crippen MR) is 91.0 cm³/mol. The molecule has 5 nitrogen and oxygen atoms in total. The first-order valence-corrected chi connectivity index (χ1v) is 8.08. The van der Waals surface area contributed by atoms with E-state index in [-0.39, 0.29) is 29.7 Å². The minimum absolute atomic E-state index is 0. The summed E-state index contributed by atoms with van der Waals surface area (Å²) in [6, 6.07) is 0. The number of hydrogen-bond donors (Lipinski definition) is 2. The van der Waals surface area contributed by atoms with E-state index in [9.17, 15) is 8.42 Å². The van der Waals surface area contributed by atoms with Gasteiger partial charge in [0.25, 0.3) is 0 Å². The van der Waals surface area contributed by atoms with Gasteiger partial charge in [0.15, 0.2) is 15.8 Å². The number of nitrogens with zero attached hydrogens (tertiary/aromatic N) is 1. The van der Waals surface area contributed by atoms with Crippen LogP contribution in [0.25, 0.3) is 0 Å². The van der Waals surface area contributed by atoms with Crippen molar-refractivity contribution in [1.82, 2.24) is 10.6 Å². The van der Waals surface area contributed by atoms with Gasteiger partial charge in [-0.3, -0.25) is 4.99 Å². The molecule has 0 atom stereocenters. The molecule has 1 aliphatic rings. The van der Waals surface area contributed by atoms with Crippen LogP contribution in [0.1, 0.15) is 33.6 Å². The summed E-state index contributed by atoms with van der Waals surface area (Å²) >= 11 is 0. The van der Waals surface area contributed by atoms with Crippen molar-refractivity contribution in [3.8, 4) is 0 Å². The summed E-state index contributed by atoms with van der Waals surface area (Å²) in [6.45, 7) is 6.49. The van der Waals surface area contributed by atoms with E-state index in [2.05, 4.69) is 15.6 Å². The molecule has 2 N–H and O–H groups in total. The monoisotopic (exact) mass is 403 g/mol. The minimum Gasteiger partial charge on any atom is -0.356 e. The molecule has 1 saturated carbocycles. The molecule has 0 saturated heterocycles. The van der Waals surface area contributed by atoms with Gasteiger partial charge in [-0.2, -0.15) is 0 Å². The molecule has 1 rings (SSSR count). The molecule has 1 aliphatic carbocycles. The quantitative estimate of drug-likeness (QED) is 0.414. The van der Waals surface area contributed by atoms with Crippen LogP contribution in [0.4, 0.5) is 0 Å². The van der Waals surface area contributed by atoms with Crippen LogP contribution in [0.2, 0.25) is 0 Å². The lowest BCUT2D eigenvalue weighted by Crippen LogP contribution is -2.42. The molecule has 0 spiro atoms. The molecule has 1 fully saturated rings. The van der Waals surface area contributed by atoms with Gasteiger partial charge in [-0.05, 0) is 39.5 Å². The maximum atomic E-state index is 11.9. The second kappa shape index (κ2) is 7.66. The maximum absolute atomic E-state index is 11.9. The first-order valence-electron chi connectivity index (χ1n) is 6.43. The number of sulfone groups is 1. The molecule has 114 valence electrons. The summed E-state index contributed by atoms with van der Waals surface area (Å²) in [5, 5.41) is 6.24. The highest BCUT2D eigenvalue weighted by molar-refractivity contribution is 14.0. The molecular weight excluding hydrogens is 377 g/mol. The molecule has 0 amide bonds. The van der Waals surface area contributed by atoms with Crippen molar-refractivity contribution >= 4 is 39.8 Å². The summed E-state index contributed by atoms with van der Waals surface area (Å²) in [5.74, 6) is 1.58. The Morgan fingerprint density at radius 1 is 1.26 bits per heavy atom. The summed E-state index contributed by atoms with van der Waals surface area (Å²) in [6.07, 6.45) is 2.56. The Balaban J connectivity index is 0.00000324. The van der Waals surface area contributed by atoms with E-state index in [0.717, 1.165) is 12.5 Å². The summed E-state index contributed by atoms with van der Waals surface area (Å²) < 4.78 is 23.1. The average Bonchev–Trinajstić information content (AvgIpc) is 3.05. The largest absolute Gasteiger partial charge is 0.356 e. The smallest absolute Gasteiger partial charge is 0.191 e. The number of guanidine groups is 1. The van der Waals surface area contributed by atoms with Gasteiger partial charge in [0, 0.05) is 20.1 Å². The number of hydrogen-bond acceptors (Lipinski definition) is 3. The van der Waals surface area contributed by atoms with E-state index in [1.165, 1.54) is 12.8 Å². The van der Waals surface area contributed by atoms with Gasteiger partial charge in [-0.1, -0.05) is 0 Å². The maximum Gasteiger partial charge on any atom is 0.191 e. The molecule has 0 unspecified atom stereocenters. The van der Waals surface area contributed by atoms with E-state index in [4.69, 9.17) is 0 Å². The molecule has 0 aromatic rings. The molecule has 19 heavy (non-hydrogen) atoms. The van der Waals surface area contributed by atoms with Crippen LogP contribution in [0.15, 0.2) is 4.99 Å². The highest BCUT2D eigenvalue weighted by atomic mass is 127. The highest BCUT2D eigenvalue weighted by Crippen LogP contribution is 2.27. The van der Waals surface area contributed by atoms with Crippen LogP contribution in [-0.2, 0) is 9.84 Å². The van der Waals surface area contributed by atoms with Crippen LogP contribution in [0.5, 0.6) is 0 Å². The van der Waals surface area contributed by atoms with Gasteiger partial charge >= 0.3 is 0 Å². The van der Waals surface area contributed by atoms with Gasteiger partial charge in [0.2, 0.25) is 0 Å². The second-order valence-electron chi connectivity index (χ2n) is 5.75. The van der Waals surface area contributed by atoms with Crippen molar-refractivity contribution in [2.45, 2.75) is 38.4 Å². The standard InChI is InChI=1S/C12H25N3O2S.HI/c1-12(2,3)18(16,17)8-7-14-11(13-4)15-9-10-5-6-10;/h10H,5-9H2,1-4H3,(H2,13,14,15);1H. The minimum atomic E-state index is -3.07. The third-order valence-corrected chi connectivity index (χ3v) is 5.68. The molecule has 0 bridgehead atoms. The first kappa shape index (κ1) is 18.9. The SMILES string of the molecule is CN=C(NCCS(=O)(=O)C(C)(C)C)NCC1CC1.I. The van der Waals surface area contributed by atoms with Crippen molar-refractivity contribution in [1.29, 1.82) is 0 Å².